The highest BCUT2D eigenvalue weighted by Gasteiger charge is 2.43. The van der Waals surface area contributed by atoms with Crippen molar-refractivity contribution in [1.82, 2.24) is 14.5 Å². The molecule has 2 aliphatic heterocycles. The van der Waals surface area contributed by atoms with Crippen molar-refractivity contribution in [1.29, 1.82) is 0 Å². The summed E-state index contributed by atoms with van der Waals surface area (Å²) in [5.74, 6) is 0.272. The number of hydrogen-bond donors (Lipinski definition) is 3. The Morgan fingerprint density at radius 3 is 2.67 bits per heavy atom. The van der Waals surface area contributed by atoms with Crippen LogP contribution in [0.15, 0.2) is 22.1 Å². The fraction of sp³-hybridized carbons (Fsp3) is 0.667. The molecule has 9 nitrogen and oxygen atoms in total. The lowest BCUT2D eigenvalue weighted by atomic mass is 10.1. The largest absolute Gasteiger partial charge is 0.394 e. The van der Waals surface area contributed by atoms with E-state index in [0.29, 0.717) is 0 Å². The molecule has 132 valence electrons. The van der Waals surface area contributed by atoms with Crippen LogP contribution in [0.5, 0.6) is 0 Å². The van der Waals surface area contributed by atoms with E-state index in [4.69, 9.17) is 9.84 Å². The zero-order chi connectivity index (χ0) is 17.1. The monoisotopic (exact) mass is 338 g/mol. The van der Waals surface area contributed by atoms with Gasteiger partial charge in [0, 0.05) is 19.3 Å². The average molecular weight is 338 g/mol. The first-order valence-corrected chi connectivity index (χ1v) is 8.10. The minimum absolute atomic E-state index is 0.272. The minimum Gasteiger partial charge on any atom is -0.394 e. The smallest absolute Gasteiger partial charge is 0.351 e. The van der Waals surface area contributed by atoms with E-state index in [2.05, 4.69) is 14.9 Å². The predicted molar refractivity (Wildman–Crippen MR) is 85.1 cm³/mol. The van der Waals surface area contributed by atoms with Crippen LogP contribution in [0.25, 0.3) is 0 Å². The summed E-state index contributed by atoms with van der Waals surface area (Å²) in [5, 5.41) is 28.8. The molecule has 9 heteroatoms. The molecule has 2 fully saturated rings. The van der Waals surface area contributed by atoms with Crippen LogP contribution >= 0.6 is 0 Å². The summed E-state index contributed by atoms with van der Waals surface area (Å²) < 4.78 is 6.41. The van der Waals surface area contributed by atoms with Crippen molar-refractivity contribution >= 4 is 12.2 Å². The van der Waals surface area contributed by atoms with Crippen LogP contribution in [0.3, 0.4) is 0 Å². The van der Waals surface area contributed by atoms with E-state index in [9.17, 15) is 15.0 Å². The van der Waals surface area contributed by atoms with Crippen molar-refractivity contribution in [2.75, 3.05) is 19.7 Å². The summed E-state index contributed by atoms with van der Waals surface area (Å²) in [6.45, 7) is 1.45. The van der Waals surface area contributed by atoms with Gasteiger partial charge in [-0.15, -0.1) is 0 Å². The first-order valence-electron chi connectivity index (χ1n) is 8.10. The van der Waals surface area contributed by atoms with E-state index in [-0.39, 0.29) is 5.82 Å². The third-order valence-corrected chi connectivity index (χ3v) is 4.35. The van der Waals surface area contributed by atoms with Gasteiger partial charge in [0.1, 0.15) is 18.3 Å². The lowest BCUT2D eigenvalue weighted by Crippen LogP contribution is -2.35. The normalized spacial score (nSPS) is 31.0. The number of rotatable bonds is 4. The van der Waals surface area contributed by atoms with Crippen molar-refractivity contribution in [3.8, 4) is 0 Å². The van der Waals surface area contributed by atoms with Gasteiger partial charge in [-0.3, -0.25) is 4.57 Å². The zero-order valence-corrected chi connectivity index (χ0v) is 13.2. The number of piperidine rings is 1. The van der Waals surface area contributed by atoms with Crippen LogP contribution in [0.1, 0.15) is 25.5 Å². The van der Waals surface area contributed by atoms with Crippen LogP contribution < -0.4 is 5.69 Å². The molecule has 4 atom stereocenters. The predicted octanol–water partition coefficient (Wildman–Crippen LogP) is -0.999. The summed E-state index contributed by atoms with van der Waals surface area (Å²) in [4.78, 5) is 22.3. The zero-order valence-electron chi connectivity index (χ0n) is 13.2. The molecule has 0 amide bonds. The third-order valence-electron chi connectivity index (χ3n) is 4.35. The Hall–Kier alpha value is -1.81. The molecule has 0 radical (unpaired) electrons. The minimum atomic E-state index is -1.32. The van der Waals surface area contributed by atoms with E-state index in [1.165, 1.54) is 18.7 Å². The number of aliphatic hydroxyl groups is 3. The molecule has 2 unspecified atom stereocenters. The van der Waals surface area contributed by atoms with Crippen molar-refractivity contribution in [3.63, 3.8) is 0 Å². The lowest BCUT2D eigenvalue weighted by molar-refractivity contribution is -0.0549. The lowest BCUT2D eigenvalue weighted by Gasteiger charge is -2.23. The maximum Gasteiger partial charge on any atom is 0.351 e. The Kier molecular flexibility index (Phi) is 5.24. The summed E-state index contributed by atoms with van der Waals surface area (Å²) >= 11 is 0. The molecule has 0 spiro atoms. The van der Waals surface area contributed by atoms with Gasteiger partial charge in [-0.2, -0.15) is 4.98 Å². The second-order valence-corrected chi connectivity index (χ2v) is 6.05. The number of aromatic nitrogens is 2. The number of aliphatic hydroxyl groups excluding tert-OH is 3. The van der Waals surface area contributed by atoms with Crippen molar-refractivity contribution < 1.29 is 20.1 Å². The van der Waals surface area contributed by atoms with Crippen molar-refractivity contribution in [2.24, 2.45) is 4.99 Å². The van der Waals surface area contributed by atoms with Gasteiger partial charge >= 0.3 is 5.69 Å². The maximum absolute atomic E-state index is 12.2. The molecular formula is C15H22N4O5. The third kappa shape index (κ3) is 3.48. The van der Waals surface area contributed by atoms with Crippen LogP contribution in [0.2, 0.25) is 0 Å². The fourth-order valence-electron chi connectivity index (χ4n) is 2.95. The molecule has 3 N–H and O–H groups in total. The molecule has 0 bridgehead atoms. The fourth-order valence-corrected chi connectivity index (χ4v) is 2.95. The molecule has 0 aromatic carbocycles. The second-order valence-electron chi connectivity index (χ2n) is 6.05. The molecule has 1 aromatic rings. The second kappa shape index (κ2) is 7.39. The van der Waals surface area contributed by atoms with Gasteiger partial charge < -0.3 is 25.0 Å². The first-order chi connectivity index (χ1) is 11.6. The Balaban J connectivity index is 1.73. The van der Waals surface area contributed by atoms with Gasteiger partial charge in [-0.05, 0) is 25.3 Å². The Bertz CT molecular complexity index is 643. The van der Waals surface area contributed by atoms with E-state index < -0.39 is 36.8 Å². The Labute approximate surface area is 138 Å². The molecule has 1 aromatic heterocycles. The summed E-state index contributed by atoms with van der Waals surface area (Å²) in [6, 6.07) is 1.54. The number of likely N-dealkylation sites (tertiary alicyclic amines) is 1. The molecule has 3 rings (SSSR count). The summed E-state index contributed by atoms with van der Waals surface area (Å²) in [6.07, 6.45) is 2.00. The summed E-state index contributed by atoms with van der Waals surface area (Å²) in [5.41, 5.74) is -0.641. The number of nitrogens with zero attached hydrogens (tertiary/aromatic N) is 4. The Morgan fingerprint density at radius 2 is 2.04 bits per heavy atom. The molecular weight excluding hydrogens is 316 g/mol. The van der Waals surface area contributed by atoms with Gasteiger partial charge in [0.25, 0.3) is 0 Å². The number of ether oxygens (including phenoxy) is 1. The molecule has 3 heterocycles. The molecule has 0 aliphatic carbocycles. The first kappa shape index (κ1) is 17.0. The molecule has 2 saturated heterocycles. The van der Waals surface area contributed by atoms with Gasteiger partial charge in [0.2, 0.25) is 0 Å². The van der Waals surface area contributed by atoms with Gasteiger partial charge in [-0.25, -0.2) is 9.79 Å². The SMILES string of the molecule is O=c1nc(N=CN2CCCCC2)ccn1[C@@H]1O[C@H](CO)C(O)C1O. The highest BCUT2D eigenvalue weighted by molar-refractivity contribution is 5.59. The van der Waals surface area contributed by atoms with Gasteiger partial charge in [0.05, 0.1) is 12.9 Å². The van der Waals surface area contributed by atoms with Crippen LogP contribution in [0, 0.1) is 0 Å². The average Bonchev–Trinajstić information content (AvgIpc) is 2.89. The van der Waals surface area contributed by atoms with Crippen molar-refractivity contribution in [2.45, 2.75) is 43.8 Å². The number of hydrogen-bond acceptors (Lipinski definition) is 7. The highest BCUT2D eigenvalue weighted by atomic mass is 16.6. The van der Waals surface area contributed by atoms with Crippen molar-refractivity contribution in [3.05, 3.63) is 22.7 Å². The van der Waals surface area contributed by atoms with E-state index >= 15 is 0 Å². The number of aliphatic imine (C=N–C) groups is 1. The Morgan fingerprint density at radius 1 is 1.29 bits per heavy atom. The van der Waals surface area contributed by atoms with Crippen LogP contribution in [-0.4, -0.2) is 74.1 Å². The van der Waals surface area contributed by atoms with E-state index in [0.717, 1.165) is 30.5 Å². The van der Waals surface area contributed by atoms with Crippen LogP contribution in [0.4, 0.5) is 5.82 Å². The van der Waals surface area contributed by atoms with Crippen LogP contribution in [-0.2, 0) is 4.74 Å². The quantitative estimate of drug-likeness (QED) is 0.476. The maximum atomic E-state index is 12.2. The van der Waals surface area contributed by atoms with Gasteiger partial charge in [-0.1, -0.05) is 0 Å². The topological polar surface area (TPSA) is 120 Å². The molecule has 2 aliphatic rings. The summed E-state index contributed by atoms with van der Waals surface area (Å²) in [7, 11) is 0. The van der Waals surface area contributed by atoms with Gasteiger partial charge in [0.15, 0.2) is 12.0 Å². The molecule has 24 heavy (non-hydrogen) atoms. The van der Waals surface area contributed by atoms with E-state index in [1.807, 2.05) is 0 Å². The highest BCUT2D eigenvalue weighted by Crippen LogP contribution is 2.28. The van der Waals surface area contributed by atoms with E-state index in [1.54, 1.807) is 6.34 Å². The standard InChI is InChI=1S/C15H22N4O5/c20-8-10-12(21)13(22)14(24-10)19-7-4-11(17-15(19)23)16-9-18-5-2-1-3-6-18/h4,7,9-10,12-14,20-22H,1-3,5-6,8H2/t10-,12?,13?,14-/m1/s1. The molecule has 0 saturated carbocycles.